The van der Waals surface area contributed by atoms with Gasteiger partial charge in [-0.1, -0.05) is 26.0 Å². The summed E-state index contributed by atoms with van der Waals surface area (Å²) in [6, 6.07) is 0. The van der Waals surface area contributed by atoms with Crippen molar-refractivity contribution in [1.82, 2.24) is 14.7 Å². The monoisotopic (exact) mass is 427 g/mol. The molecule has 8 heteroatoms. The van der Waals surface area contributed by atoms with E-state index in [4.69, 9.17) is 4.74 Å². The van der Waals surface area contributed by atoms with Crippen LogP contribution in [0, 0.1) is 11.3 Å². The van der Waals surface area contributed by atoms with E-state index in [1.807, 2.05) is 0 Å². The summed E-state index contributed by atoms with van der Waals surface area (Å²) in [5.74, 6) is 0.0864. The number of allylic oxidation sites excluding steroid dienone is 4. The topological polar surface area (TPSA) is 36.0 Å². The molecule has 168 valence electrons. The third kappa shape index (κ3) is 4.91. The number of piperazine rings is 1. The van der Waals surface area contributed by atoms with Crippen LogP contribution in [0.2, 0.25) is 0 Å². The van der Waals surface area contributed by atoms with Gasteiger partial charge in [-0.05, 0) is 38.1 Å². The van der Waals surface area contributed by atoms with Gasteiger partial charge in [0.1, 0.15) is 0 Å². The number of hydrogen-bond donors (Lipinski definition) is 0. The van der Waals surface area contributed by atoms with E-state index in [0.717, 1.165) is 51.3 Å². The Balaban J connectivity index is 1.75. The number of amides is 1. The number of hydrogen-bond acceptors (Lipinski definition) is 4. The highest BCUT2D eigenvalue weighted by Crippen LogP contribution is 2.46. The van der Waals surface area contributed by atoms with Gasteiger partial charge < -0.3 is 19.4 Å². The van der Waals surface area contributed by atoms with Gasteiger partial charge in [0.2, 0.25) is 5.91 Å². The van der Waals surface area contributed by atoms with Crippen molar-refractivity contribution in [3.8, 4) is 0 Å². The standard InChI is InChI=1S/C22H32F3N3O2/c1-17(2)21(8-10-27-13-11-26(3)12-14-27)16-19-28(20(21)29)9-4-6-18(22(23,24)25)7-5-15-30-19/h4-7,15,17,19H,8-14,16H2,1-3H3/b6-4+,15-5+,18-7+. The van der Waals surface area contributed by atoms with E-state index in [9.17, 15) is 18.0 Å². The molecule has 2 unspecified atom stereocenters. The Morgan fingerprint density at radius 3 is 2.57 bits per heavy atom. The first-order chi connectivity index (χ1) is 14.1. The molecule has 3 aliphatic rings. The average molecular weight is 428 g/mol. The van der Waals surface area contributed by atoms with Gasteiger partial charge in [-0.15, -0.1) is 0 Å². The zero-order chi connectivity index (χ0) is 21.9. The molecule has 2 atom stereocenters. The van der Waals surface area contributed by atoms with E-state index in [1.54, 1.807) is 4.90 Å². The zero-order valence-corrected chi connectivity index (χ0v) is 18.0. The number of carbonyl (C=O) groups excluding carboxylic acids is 1. The molecule has 0 N–H and O–H groups in total. The molecule has 2 fully saturated rings. The molecule has 0 aromatic heterocycles. The number of rotatable bonds is 4. The first-order valence-corrected chi connectivity index (χ1v) is 10.6. The van der Waals surface area contributed by atoms with Gasteiger partial charge in [0, 0.05) is 39.1 Å². The first kappa shape index (κ1) is 22.9. The van der Waals surface area contributed by atoms with Crippen LogP contribution in [-0.2, 0) is 9.53 Å². The Morgan fingerprint density at radius 2 is 1.93 bits per heavy atom. The van der Waals surface area contributed by atoms with E-state index in [-0.39, 0.29) is 18.4 Å². The quantitative estimate of drug-likeness (QED) is 0.689. The second kappa shape index (κ2) is 9.14. The third-order valence-electron chi connectivity index (χ3n) is 6.67. The number of halogens is 3. The maximum absolute atomic E-state index is 13.5. The Kier molecular flexibility index (Phi) is 6.97. The van der Waals surface area contributed by atoms with Crippen LogP contribution in [0.25, 0.3) is 0 Å². The molecular formula is C22H32F3N3O2. The highest BCUT2D eigenvalue weighted by Gasteiger charge is 2.53. The number of nitrogens with zero attached hydrogens (tertiary/aromatic N) is 3. The lowest BCUT2D eigenvalue weighted by atomic mass is 9.72. The van der Waals surface area contributed by atoms with Crippen LogP contribution in [0.4, 0.5) is 13.2 Å². The summed E-state index contributed by atoms with van der Waals surface area (Å²) in [6.07, 6.45) is 2.32. The van der Waals surface area contributed by atoms with Crippen molar-refractivity contribution in [1.29, 1.82) is 0 Å². The minimum atomic E-state index is -4.45. The van der Waals surface area contributed by atoms with Gasteiger partial charge in [0.05, 0.1) is 17.3 Å². The van der Waals surface area contributed by atoms with Crippen molar-refractivity contribution in [3.05, 3.63) is 36.1 Å². The Labute approximate surface area is 176 Å². The van der Waals surface area contributed by atoms with Crippen LogP contribution in [-0.4, -0.2) is 79.3 Å². The fraction of sp³-hybridized carbons (Fsp3) is 0.682. The van der Waals surface area contributed by atoms with E-state index in [2.05, 4.69) is 30.7 Å². The number of alkyl halides is 3. The van der Waals surface area contributed by atoms with E-state index in [1.165, 1.54) is 18.4 Å². The van der Waals surface area contributed by atoms with Crippen LogP contribution >= 0.6 is 0 Å². The summed E-state index contributed by atoms with van der Waals surface area (Å²) in [6.45, 7) is 9.05. The smallest absolute Gasteiger partial charge is 0.416 e. The first-order valence-electron chi connectivity index (χ1n) is 10.6. The summed E-state index contributed by atoms with van der Waals surface area (Å²) in [4.78, 5) is 19.8. The van der Waals surface area contributed by atoms with Crippen LogP contribution in [0.1, 0.15) is 26.7 Å². The number of carbonyl (C=O) groups is 1. The minimum absolute atomic E-state index is 0.0206. The molecular weight excluding hydrogens is 395 g/mol. The highest BCUT2D eigenvalue weighted by molar-refractivity contribution is 5.85. The predicted molar refractivity (Wildman–Crippen MR) is 109 cm³/mol. The maximum atomic E-state index is 13.5. The summed E-state index contributed by atoms with van der Waals surface area (Å²) in [7, 11) is 2.11. The van der Waals surface area contributed by atoms with Crippen LogP contribution in [0.15, 0.2) is 36.1 Å². The molecule has 3 aliphatic heterocycles. The second-order valence-electron chi connectivity index (χ2n) is 8.81. The lowest BCUT2D eigenvalue weighted by molar-refractivity contribution is -0.141. The molecule has 1 amide bonds. The Morgan fingerprint density at radius 1 is 1.23 bits per heavy atom. The summed E-state index contributed by atoms with van der Waals surface area (Å²) < 4.78 is 45.0. The minimum Gasteiger partial charge on any atom is -0.478 e. The maximum Gasteiger partial charge on any atom is 0.416 e. The predicted octanol–water partition coefficient (Wildman–Crippen LogP) is 3.41. The lowest BCUT2D eigenvalue weighted by Gasteiger charge is -2.36. The lowest BCUT2D eigenvalue weighted by Crippen LogP contribution is -2.47. The van der Waals surface area contributed by atoms with Gasteiger partial charge >= 0.3 is 6.18 Å². The van der Waals surface area contributed by atoms with Crippen molar-refractivity contribution >= 4 is 5.91 Å². The molecule has 0 aromatic rings. The third-order valence-corrected chi connectivity index (χ3v) is 6.67. The van der Waals surface area contributed by atoms with Gasteiger partial charge in [-0.25, -0.2) is 0 Å². The molecule has 0 spiro atoms. The Bertz CT molecular complexity index is 709. The van der Waals surface area contributed by atoms with E-state index >= 15 is 0 Å². The van der Waals surface area contributed by atoms with Gasteiger partial charge in [0.25, 0.3) is 0 Å². The van der Waals surface area contributed by atoms with E-state index in [0.29, 0.717) is 6.42 Å². The fourth-order valence-electron chi connectivity index (χ4n) is 4.47. The normalized spacial score (nSPS) is 33.0. The molecule has 2 saturated heterocycles. The van der Waals surface area contributed by atoms with Crippen molar-refractivity contribution < 1.29 is 22.7 Å². The van der Waals surface area contributed by atoms with Gasteiger partial charge in [-0.2, -0.15) is 13.2 Å². The molecule has 3 rings (SSSR count). The average Bonchev–Trinajstić information content (AvgIpc) is 2.96. The number of ether oxygens (including phenoxy) is 1. The molecule has 5 nitrogen and oxygen atoms in total. The zero-order valence-electron chi connectivity index (χ0n) is 18.0. The number of fused-ring (bicyclic) bond motifs is 1. The van der Waals surface area contributed by atoms with Crippen molar-refractivity contribution in [2.45, 2.75) is 39.1 Å². The fourth-order valence-corrected chi connectivity index (χ4v) is 4.47. The highest BCUT2D eigenvalue weighted by atomic mass is 19.4. The van der Waals surface area contributed by atoms with Gasteiger partial charge in [-0.3, -0.25) is 4.79 Å². The molecule has 0 bridgehead atoms. The molecule has 0 aliphatic carbocycles. The van der Waals surface area contributed by atoms with Crippen LogP contribution in [0.5, 0.6) is 0 Å². The number of likely N-dealkylation sites (N-methyl/N-ethyl adjacent to an activating group) is 1. The molecule has 0 aromatic carbocycles. The summed E-state index contributed by atoms with van der Waals surface area (Å²) >= 11 is 0. The van der Waals surface area contributed by atoms with Crippen LogP contribution in [0.3, 0.4) is 0 Å². The summed E-state index contributed by atoms with van der Waals surface area (Å²) in [5.41, 5.74) is -1.33. The molecule has 0 radical (unpaired) electrons. The molecule has 3 heterocycles. The van der Waals surface area contributed by atoms with Crippen molar-refractivity contribution in [2.24, 2.45) is 11.3 Å². The van der Waals surface area contributed by atoms with Crippen molar-refractivity contribution in [2.75, 3.05) is 46.3 Å². The molecule has 30 heavy (non-hydrogen) atoms. The molecule has 0 saturated carbocycles. The largest absolute Gasteiger partial charge is 0.478 e. The summed E-state index contributed by atoms with van der Waals surface area (Å²) in [5, 5.41) is 0. The van der Waals surface area contributed by atoms with Gasteiger partial charge in [0.15, 0.2) is 6.23 Å². The second-order valence-corrected chi connectivity index (χ2v) is 8.81. The van der Waals surface area contributed by atoms with Crippen molar-refractivity contribution in [3.63, 3.8) is 0 Å². The SMILES string of the molecule is CC(C)C1(CCN2CCN(C)CC2)CC2O/C=C/C=C(C(F)(F)F)\C=C\CN2C1=O. The Hall–Kier alpha value is -1.80. The van der Waals surface area contributed by atoms with Crippen LogP contribution < -0.4 is 0 Å². The van der Waals surface area contributed by atoms with E-state index < -0.39 is 23.4 Å².